The Morgan fingerprint density at radius 2 is 0.812 bits per heavy atom. The Morgan fingerprint density at radius 1 is 0.417 bits per heavy atom. The van der Waals surface area contributed by atoms with E-state index in [9.17, 15) is 22.0 Å². The summed E-state index contributed by atoms with van der Waals surface area (Å²) in [6, 6.07) is 34.6. The van der Waals surface area contributed by atoms with Gasteiger partial charge in [-0.1, -0.05) is 91.0 Å². The molecule has 0 atom stereocenters. The molecule has 0 fully saturated rings. The van der Waals surface area contributed by atoms with Gasteiger partial charge in [0.1, 0.15) is 5.35 Å². The second kappa shape index (κ2) is 11.8. The highest BCUT2D eigenvalue weighted by atomic mass is 19.2. The van der Waals surface area contributed by atoms with Crippen molar-refractivity contribution in [2.45, 2.75) is 12.8 Å². The topological polar surface area (TPSA) is 26.0 Å². The second-order valence-corrected chi connectivity index (χ2v) is 11.7. The van der Waals surface area contributed by atoms with Crippen molar-refractivity contribution in [3.05, 3.63) is 149 Å². The zero-order chi connectivity index (χ0) is 32.9. The van der Waals surface area contributed by atoms with Gasteiger partial charge in [-0.15, -0.1) is 0 Å². The smallest absolute Gasteiger partial charge is 0.227 e. The molecule has 0 amide bonds. The van der Waals surface area contributed by atoms with Crippen LogP contribution in [0.5, 0.6) is 0 Å². The minimum absolute atomic E-state index is 0.110. The van der Waals surface area contributed by atoms with Crippen LogP contribution in [0, 0.1) is 29.1 Å². The predicted molar refractivity (Wildman–Crippen MR) is 178 cm³/mol. The SMILES string of the molecule is Fc1c(F)c(F)c(-c2ccc(-c3ccc(-c4ccc5cc(-c6ccc(-c7nc8c(o7)=CCCC=8)cc6)ccc5c4)cc3)cc2)c(F)c1F. The largest absolute Gasteiger partial charge is 0.436 e. The Morgan fingerprint density at radius 3 is 1.31 bits per heavy atom. The van der Waals surface area contributed by atoms with E-state index in [1.807, 2.05) is 36.4 Å². The van der Waals surface area contributed by atoms with Gasteiger partial charge in [0.15, 0.2) is 28.7 Å². The fraction of sp³-hybridized carbons (Fsp3) is 0.0488. The summed E-state index contributed by atoms with van der Waals surface area (Å²) in [5.74, 6) is -9.20. The molecule has 0 saturated heterocycles. The molecule has 0 bridgehead atoms. The van der Waals surface area contributed by atoms with E-state index in [0.717, 1.165) is 73.3 Å². The Labute approximate surface area is 271 Å². The molecular weight excluding hydrogens is 617 g/mol. The first-order chi connectivity index (χ1) is 23.3. The molecule has 1 aromatic heterocycles. The van der Waals surface area contributed by atoms with E-state index in [1.54, 1.807) is 12.1 Å². The van der Waals surface area contributed by atoms with Crippen molar-refractivity contribution >= 4 is 22.9 Å². The van der Waals surface area contributed by atoms with E-state index in [0.29, 0.717) is 5.89 Å². The number of oxazole rings is 1. The van der Waals surface area contributed by atoms with E-state index in [4.69, 9.17) is 4.42 Å². The number of halogens is 5. The standard InChI is InChI=1S/C41H24F5NO/c42-36-35(37(43)39(45)40(46)38(36)44)27-13-9-24(10-14-27)23-5-7-25(8-6-23)29-17-19-32-22-30(18-20-31(32)21-29)26-11-15-28(16-12-26)41-47-33-3-1-2-4-34(33)48-41/h3-22H,1-2H2. The molecule has 0 spiro atoms. The summed E-state index contributed by atoms with van der Waals surface area (Å²) >= 11 is 0. The van der Waals surface area contributed by atoms with Gasteiger partial charge in [0, 0.05) is 5.56 Å². The predicted octanol–water partition coefficient (Wildman–Crippen LogP) is 10.2. The van der Waals surface area contributed by atoms with Crippen molar-refractivity contribution < 1.29 is 26.4 Å². The summed E-state index contributed by atoms with van der Waals surface area (Å²) < 4.78 is 75.4. The summed E-state index contributed by atoms with van der Waals surface area (Å²) in [6.07, 6.45) is 6.15. The Kier molecular flexibility index (Phi) is 7.25. The third-order valence-corrected chi connectivity index (χ3v) is 8.76. The molecule has 0 N–H and O–H groups in total. The molecule has 6 aromatic carbocycles. The Hall–Kier alpha value is -5.82. The molecule has 0 aliphatic heterocycles. The lowest BCUT2D eigenvalue weighted by atomic mass is 9.95. The van der Waals surface area contributed by atoms with E-state index >= 15 is 0 Å². The van der Waals surface area contributed by atoms with Gasteiger partial charge in [-0.05, 0) is 92.9 Å². The quantitative estimate of drug-likeness (QED) is 0.106. The van der Waals surface area contributed by atoms with Gasteiger partial charge in [-0.3, -0.25) is 0 Å². The number of benzene rings is 6. The monoisotopic (exact) mass is 641 g/mol. The molecule has 2 nitrogen and oxygen atoms in total. The maximum atomic E-state index is 14.3. The summed E-state index contributed by atoms with van der Waals surface area (Å²) in [4.78, 5) is 4.64. The summed E-state index contributed by atoms with van der Waals surface area (Å²) in [7, 11) is 0. The van der Waals surface area contributed by atoms with Crippen molar-refractivity contribution in [1.82, 2.24) is 4.98 Å². The molecule has 0 radical (unpaired) electrons. The zero-order valence-electron chi connectivity index (χ0n) is 25.2. The van der Waals surface area contributed by atoms with Gasteiger partial charge < -0.3 is 4.42 Å². The Balaban J connectivity index is 1.01. The number of fused-ring (bicyclic) bond motifs is 2. The van der Waals surface area contributed by atoms with Crippen molar-refractivity contribution in [3.8, 4) is 56.0 Å². The van der Waals surface area contributed by atoms with E-state index in [1.165, 1.54) is 12.1 Å². The number of nitrogens with zero attached hydrogens (tertiary/aromatic N) is 1. The van der Waals surface area contributed by atoms with Gasteiger partial charge in [0.25, 0.3) is 0 Å². The van der Waals surface area contributed by atoms with Crippen LogP contribution in [0.2, 0.25) is 0 Å². The van der Waals surface area contributed by atoms with Crippen LogP contribution >= 0.6 is 0 Å². The van der Waals surface area contributed by atoms with Gasteiger partial charge in [0.05, 0.1) is 5.56 Å². The minimum Gasteiger partial charge on any atom is -0.436 e. The molecule has 1 aliphatic carbocycles. The zero-order valence-corrected chi connectivity index (χ0v) is 25.2. The van der Waals surface area contributed by atoms with Gasteiger partial charge >= 0.3 is 0 Å². The fourth-order valence-electron chi connectivity index (χ4n) is 6.15. The molecular formula is C41H24F5NO. The van der Waals surface area contributed by atoms with Crippen LogP contribution in [0.15, 0.2) is 114 Å². The minimum atomic E-state index is -2.18. The van der Waals surface area contributed by atoms with E-state index < -0.39 is 34.6 Å². The molecule has 8 rings (SSSR count). The van der Waals surface area contributed by atoms with Crippen LogP contribution in [-0.4, -0.2) is 4.98 Å². The first-order valence-electron chi connectivity index (χ1n) is 15.4. The first kappa shape index (κ1) is 29.6. The average Bonchev–Trinajstić information content (AvgIpc) is 3.58. The second-order valence-electron chi connectivity index (χ2n) is 11.7. The normalized spacial score (nSPS) is 12.4. The number of aromatic nitrogens is 1. The molecule has 234 valence electrons. The van der Waals surface area contributed by atoms with E-state index in [-0.39, 0.29) is 5.56 Å². The van der Waals surface area contributed by atoms with Gasteiger partial charge in [-0.2, -0.15) is 0 Å². The molecule has 1 heterocycles. The number of hydrogen-bond acceptors (Lipinski definition) is 2. The molecule has 0 unspecified atom stereocenters. The van der Waals surface area contributed by atoms with Crippen LogP contribution in [0.4, 0.5) is 22.0 Å². The van der Waals surface area contributed by atoms with Crippen LogP contribution in [0.3, 0.4) is 0 Å². The molecule has 7 aromatic rings. The highest BCUT2D eigenvalue weighted by Gasteiger charge is 2.26. The maximum absolute atomic E-state index is 14.3. The summed E-state index contributed by atoms with van der Waals surface area (Å²) in [5, 5.41) is 3.12. The van der Waals surface area contributed by atoms with Crippen molar-refractivity contribution in [2.24, 2.45) is 0 Å². The van der Waals surface area contributed by atoms with Gasteiger partial charge in [0.2, 0.25) is 11.7 Å². The van der Waals surface area contributed by atoms with Crippen LogP contribution in [0.1, 0.15) is 12.8 Å². The third kappa shape index (κ3) is 5.17. The lowest BCUT2D eigenvalue weighted by Gasteiger charge is -2.10. The van der Waals surface area contributed by atoms with Crippen LogP contribution in [-0.2, 0) is 0 Å². The highest BCUT2D eigenvalue weighted by molar-refractivity contribution is 5.91. The lowest BCUT2D eigenvalue weighted by molar-refractivity contribution is 0.381. The molecule has 0 saturated carbocycles. The third-order valence-electron chi connectivity index (χ3n) is 8.76. The number of hydrogen-bond donors (Lipinski definition) is 0. The lowest BCUT2D eigenvalue weighted by Crippen LogP contribution is -2.23. The molecule has 48 heavy (non-hydrogen) atoms. The maximum Gasteiger partial charge on any atom is 0.227 e. The average molecular weight is 642 g/mol. The van der Waals surface area contributed by atoms with Crippen molar-refractivity contribution in [2.75, 3.05) is 0 Å². The van der Waals surface area contributed by atoms with Crippen molar-refractivity contribution in [1.29, 1.82) is 0 Å². The van der Waals surface area contributed by atoms with Crippen LogP contribution < -0.4 is 10.8 Å². The van der Waals surface area contributed by atoms with E-state index in [2.05, 4.69) is 65.7 Å². The van der Waals surface area contributed by atoms with Crippen molar-refractivity contribution in [3.63, 3.8) is 0 Å². The number of rotatable bonds is 5. The summed E-state index contributed by atoms with van der Waals surface area (Å²) in [6.45, 7) is 0. The Bertz CT molecular complexity index is 2420. The first-order valence-corrected chi connectivity index (χ1v) is 15.4. The molecule has 7 heteroatoms. The van der Waals surface area contributed by atoms with Gasteiger partial charge in [-0.25, -0.2) is 26.9 Å². The highest BCUT2D eigenvalue weighted by Crippen LogP contribution is 2.34. The fourth-order valence-corrected chi connectivity index (χ4v) is 6.15. The van der Waals surface area contributed by atoms with Crippen LogP contribution in [0.25, 0.3) is 78.9 Å². The molecule has 1 aliphatic rings. The summed E-state index contributed by atoms with van der Waals surface area (Å²) in [5.41, 5.74) is 6.51.